The molecule has 144 valence electrons. The highest BCUT2D eigenvalue weighted by atomic mass is 79.9. The molecule has 0 radical (unpaired) electrons. The Morgan fingerprint density at radius 3 is 2.19 bits per heavy atom. The van der Waals surface area contributed by atoms with Gasteiger partial charge >= 0.3 is 5.97 Å². The van der Waals surface area contributed by atoms with E-state index < -0.39 is 5.97 Å². The van der Waals surface area contributed by atoms with Crippen LogP contribution in [0.2, 0.25) is 0 Å². The van der Waals surface area contributed by atoms with E-state index in [2.05, 4.69) is 38.8 Å². The van der Waals surface area contributed by atoms with Gasteiger partial charge in [0, 0.05) is 5.56 Å². The Balaban J connectivity index is 2.17. The Bertz CT molecular complexity index is 620. The molecule has 0 aliphatic heterocycles. The lowest BCUT2D eigenvalue weighted by Gasteiger charge is -2.04. The predicted molar refractivity (Wildman–Crippen MR) is 116 cm³/mol. The summed E-state index contributed by atoms with van der Waals surface area (Å²) in [5.41, 5.74) is 0.831. The summed E-state index contributed by atoms with van der Waals surface area (Å²) in [5.74, 6) is -0.544. The molecule has 0 saturated heterocycles. The van der Waals surface area contributed by atoms with Crippen LogP contribution in [0.3, 0.4) is 0 Å². The first kappa shape index (κ1) is 23.4. The van der Waals surface area contributed by atoms with Crippen LogP contribution < -0.4 is 0 Å². The maximum absolute atomic E-state index is 12.0. The van der Waals surface area contributed by atoms with Gasteiger partial charge in [0.05, 0.1) is 14.2 Å². The van der Waals surface area contributed by atoms with Crippen LogP contribution in [0.15, 0.2) is 19.2 Å². The van der Waals surface area contributed by atoms with Crippen molar-refractivity contribution in [1.82, 2.24) is 0 Å². The zero-order chi connectivity index (χ0) is 19.2. The summed E-state index contributed by atoms with van der Waals surface area (Å²) in [6, 6.07) is 3.79. The number of nitriles is 1. The number of carbonyl (C=O) groups excluding carboxylic acids is 1. The average Bonchev–Trinajstić information content (AvgIpc) is 2.94. The maximum atomic E-state index is 12.0. The number of rotatable bonds is 13. The van der Waals surface area contributed by atoms with Gasteiger partial charge in [0.1, 0.15) is 11.6 Å². The highest BCUT2D eigenvalue weighted by molar-refractivity contribution is 9.12. The second-order valence-electron chi connectivity index (χ2n) is 6.27. The van der Waals surface area contributed by atoms with Gasteiger partial charge in [-0.05, 0) is 50.4 Å². The molecular weight excluding hydrogens is 478 g/mol. The van der Waals surface area contributed by atoms with E-state index in [1.165, 1.54) is 62.7 Å². The van der Waals surface area contributed by atoms with Crippen molar-refractivity contribution in [3.05, 3.63) is 24.8 Å². The van der Waals surface area contributed by atoms with E-state index in [-0.39, 0.29) is 5.57 Å². The molecule has 1 aromatic rings. The molecule has 0 amide bonds. The first-order chi connectivity index (χ1) is 12.6. The Morgan fingerprint density at radius 1 is 1.12 bits per heavy atom. The standard InChI is InChI=1S/C20H27Br2NO2S/c1-2-3-4-5-6-7-8-9-10-11-12-25-20(24)17(15-23)13-16-14-18(21)26-19(16)22/h13-14H,2-12H2,1H3/b17-13+. The first-order valence-corrected chi connectivity index (χ1v) is 11.7. The smallest absolute Gasteiger partial charge is 0.348 e. The molecule has 1 heterocycles. The number of carbonyl (C=O) groups is 1. The van der Waals surface area contributed by atoms with Crippen molar-refractivity contribution < 1.29 is 9.53 Å². The van der Waals surface area contributed by atoms with Crippen LogP contribution in [0, 0.1) is 11.3 Å². The highest BCUT2D eigenvalue weighted by Crippen LogP contribution is 2.33. The van der Waals surface area contributed by atoms with Gasteiger partial charge in [0.2, 0.25) is 0 Å². The lowest BCUT2D eigenvalue weighted by Crippen LogP contribution is -2.08. The van der Waals surface area contributed by atoms with Crippen LogP contribution in [0.4, 0.5) is 0 Å². The molecule has 0 N–H and O–H groups in total. The SMILES string of the molecule is CCCCCCCCCCCCOC(=O)/C(C#N)=C/c1cc(Br)sc1Br. The maximum Gasteiger partial charge on any atom is 0.348 e. The summed E-state index contributed by atoms with van der Waals surface area (Å²) in [7, 11) is 0. The molecule has 26 heavy (non-hydrogen) atoms. The van der Waals surface area contributed by atoms with E-state index in [1.807, 2.05) is 12.1 Å². The van der Waals surface area contributed by atoms with Crippen LogP contribution in [0.5, 0.6) is 0 Å². The quantitative estimate of drug-likeness (QED) is 0.120. The van der Waals surface area contributed by atoms with Gasteiger partial charge in [-0.1, -0.05) is 64.7 Å². The van der Waals surface area contributed by atoms with E-state index in [0.29, 0.717) is 6.61 Å². The Kier molecular flexibility index (Phi) is 13.0. The van der Waals surface area contributed by atoms with Crippen molar-refractivity contribution in [1.29, 1.82) is 5.26 Å². The normalized spacial score (nSPS) is 11.4. The summed E-state index contributed by atoms with van der Waals surface area (Å²) < 4.78 is 7.04. The van der Waals surface area contributed by atoms with Crippen LogP contribution in [0.25, 0.3) is 6.08 Å². The number of ether oxygens (including phenoxy) is 1. The van der Waals surface area contributed by atoms with E-state index in [0.717, 1.165) is 26.0 Å². The number of hydrogen-bond acceptors (Lipinski definition) is 4. The topological polar surface area (TPSA) is 50.1 Å². The summed E-state index contributed by atoms with van der Waals surface area (Å²) in [5, 5.41) is 9.19. The van der Waals surface area contributed by atoms with Gasteiger partial charge in [0.25, 0.3) is 0 Å². The minimum Gasteiger partial charge on any atom is -0.462 e. The fourth-order valence-electron chi connectivity index (χ4n) is 2.58. The molecule has 0 fully saturated rings. The Labute approximate surface area is 178 Å². The molecule has 0 spiro atoms. The third kappa shape index (κ3) is 9.89. The predicted octanol–water partition coefficient (Wildman–Crippen LogP) is 7.64. The number of halogens is 2. The van der Waals surface area contributed by atoms with Gasteiger partial charge in [-0.25, -0.2) is 4.79 Å². The van der Waals surface area contributed by atoms with Crippen LogP contribution in [-0.4, -0.2) is 12.6 Å². The van der Waals surface area contributed by atoms with Crippen molar-refractivity contribution in [3.8, 4) is 6.07 Å². The minimum absolute atomic E-state index is 0.0306. The first-order valence-electron chi connectivity index (χ1n) is 9.32. The third-order valence-corrected chi connectivity index (χ3v) is 6.44. The number of esters is 1. The second kappa shape index (κ2) is 14.4. The molecule has 1 aromatic heterocycles. The molecule has 0 unspecified atom stereocenters. The summed E-state index contributed by atoms with van der Waals surface area (Å²) in [6.45, 7) is 2.62. The van der Waals surface area contributed by atoms with E-state index >= 15 is 0 Å². The molecule has 3 nitrogen and oxygen atoms in total. The zero-order valence-electron chi connectivity index (χ0n) is 15.4. The van der Waals surface area contributed by atoms with E-state index in [1.54, 1.807) is 6.08 Å². The molecule has 0 atom stereocenters. The number of nitrogens with zero attached hydrogens (tertiary/aromatic N) is 1. The Hall–Kier alpha value is -0.640. The monoisotopic (exact) mass is 503 g/mol. The van der Waals surface area contributed by atoms with Gasteiger partial charge in [-0.3, -0.25) is 0 Å². The van der Waals surface area contributed by atoms with Crippen LogP contribution in [0.1, 0.15) is 76.7 Å². The largest absolute Gasteiger partial charge is 0.462 e. The van der Waals surface area contributed by atoms with Gasteiger partial charge in [-0.15, -0.1) is 11.3 Å². The fourth-order valence-corrected chi connectivity index (χ4v) is 5.30. The molecule has 0 bridgehead atoms. The second-order valence-corrected chi connectivity index (χ2v) is 10.0. The molecular formula is C20H27Br2NO2S. The minimum atomic E-state index is -0.544. The Morgan fingerprint density at radius 2 is 1.69 bits per heavy atom. The number of unbranched alkanes of at least 4 members (excludes halogenated alkanes) is 9. The summed E-state index contributed by atoms with van der Waals surface area (Å²) in [6.07, 6.45) is 13.9. The molecule has 0 saturated carbocycles. The molecule has 6 heteroatoms. The fraction of sp³-hybridized carbons (Fsp3) is 0.600. The van der Waals surface area contributed by atoms with Crippen LogP contribution in [-0.2, 0) is 9.53 Å². The van der Waals surface area contributed by atoms with Gasteiger partial charge in [0.15, 0.2) is 0 Å². The van der Waals surface area contributed by atoms with Crippen LogP contribution >= 0.6 is 43.2 Å². The lowest BCUT2D eigenvalue weighted by molar-refractivity contribution is -0.138. The highest BCUT2D eigenvalue weighted by Gasteiger charge is 2.12. The van der Waals surface area contributed by atoms with Crippen molar-refractivity contribution in [2.24, 2.45) is 0 Å². The molecule has 0 aliphatic rings. The zero-order valence-corrected chi connectivity index (χ0v) is 19.3. The van der Waals surface area contributed by atoms with Gasteiger partial charge in [-0.2, -0.15) is 5.26 Å². The van der Waals surface area contributed by atoms with Crippen molar-refractivity contribution in [2.75, 3.05) is 6.61 Å². The molecule has 0 aliphatic carbocycles. The van der Waals surface area contributed by atoms with Crippen molar-refractivity contribution in [3.63, 3.8) is 0 Å². The van der Waals surface area contributed by atoms with Crippen molar-refractivity contribution in [2.45, 2.75) is 71.1 Å². The molecule has 0 aromatic carbocycles. The molecule has 1 rings (SSSR count). The number of thiophene rings is 1. The van der Waals surface area contributed by atoms with E-state index in [4.69, 9.17) is 4.74 Å². The van der Waals surface area contributed by atoms with Gasteiger partial charge < -0.3 is 4.74 Å². The summed E-state index contributed by atoms with van der Waals surface area (Å²) >= 11 is 8.30. The van der Waals surface area contributed by atoms with Crippen molar-refractivity contribution >= 4 is 55.2 Å². The average molecular weight is 505 g/mol. The summed E-state index contributed by atoms with van der Waals surface area (Å²) in [4.78, 5) is 12.0. The third-order valence-electron chi connectivity index (χ3n) is 4.05. The lowest BCUT2D eigenvalue weighted by atomic mass is 10.1. The van der Waals surface area contributed by atoms with E-state index in [9.17, 15) is 10.1 Å². The number of hydrogen-bond donors (Lipinski definition) is 0.